The molecule has 0 spiro atoms. The molecule has 0 aliphatic carbocycles. The summed E-state index contributed by atoms with van der Waals surface area (Å²) >= 11 is 0. The zero-order valence-electron chi connectivity index (χ0n) is 12.7. The Bertz CT molecular complexity index is 1070. The Morgan fingerprint density at radius 3 is 2.17 bits per heavy atom. The Labute approximate surface area is 133 Å². The summed E-state index contributed by atoms with van der Waals surface area (Å²) in [6, 6.07) is 23.9. The Balaban J connectivity index is 2.13. The van der Waals surface area contributed by atoms with Crippen molar-refractivity contribution in [2.24, 2.45) is 0 Å². The average Bonchev–Trinajstić information content (AvgIpc) is 2.63. The molecule has 0 fully saturated rings. The standard InChI is InChI=1S/C20H15NO2/c1-23-21-19-13-15(14-7-3-2-4-8-14)11-12-17(19)16-9-5-6-10-18(16)20(21)22/h2-13H,1H3. The maximum atomic E-state index is 12.7. The molecular formula is C20H15NO2. The van der Waals surface area contributed by atoms with Gasteiger partial charge in [0, 0.05) is 5.39 Å². The predicted octanol–water partition coefficient (Wildman–Crippen LogP) is 3.88. The molecular weight excluding hydrogens is 286 g/mol. The van der Waals surface area contributed by atoms with Gasteiger partial charge in [-0.1, -0.05) is 60.7 Å². The minimum atomic E-state index is -0.138. The number of benzene rings is 3. The van der Waals surface area contributed by atoms with Gasteiger partial charge in [0.25, 0.3) is 5.56 Å². The van der Waals surface area contributed by atoms with Crippen molar-refractivity contribution in [3.63, 3.8) is 0 Å². The fraction of sp³-hybridized carbons (Fsp3) is 0.0500. The molecule has 4 rings (SSSR count). The molecule has 0 bridgehead atoms. The number of aromatic nitrogens is 1. The van der Waals surface area contributed by atoms with Gasteiger partial charge in [0.05, 0.1) is 10.9 Å². The normalized spacial score (nSPS) is 11.0. The highest BCUT2D eigenvalue weighted by atomic mass is 16.6. The lowest BCUT2D eigenvalue weighted by molar-refractivity contribution is 0.170. The maximum absolute atomic E-state index is 12.7. The van der Waals surface area contributed by atoms with Crippen molar-refractivity contribution in [3.05, 3.63) is 83.2 Å². The van der Waals surface area contributed by atoms with Gasteiger partial charge < -0.3 is 4.84 Å². The Morgan fingerprint density at radius 1 is 0.739 bits per heavy atom. The van der Waals surface area contributed by atoms with E-state index in [4.69, 9.17) is 4.84 Å². The second kappa shape index (κ2) is 5.29. The molecule has 0 atom stereocenters. The zero-order chi connectivity index (χ0) is 15.8. The molecule has 112 valence electrons. The summed E-state index contributed by atoms with van der Waals surface area (Å²) in [5.74, 6) is 0. The first-order valence-electron chi connectivity index (χ1n) is 7.47. The summed E-state index contributed by atoms with van der Waals surface area (Å²) in [7, 11) is 1.52. The van der Waals surface area contributed by atoms with Gasteiger partial charge in [-0.2, -0.15) is 0 Å². The van der Waals surface area contributed by atoms with E-state index in [1.165, 1.54) is 11.8 Å². The average molecular weight is 301 g/mol. The second-order valence-electron chi connectivity index (χ2n) is 5.43. The van der Waals surface area contributed by atoms with Crippen LogP contribution in [0.3, 0.4) is 0 Å². The molecule has 0 N–H and O–H groups in total. The summed E-state index contributed by atoms with van der Waals surface area (Å²) in [4.78, 5) is 18.0. The van der Waals surface area contributed by atoms with Crippen molar-refractivity contribution < 1.29 is 4.84 Å². The van der Waals surface area contributed by atoms with Gasteiger partial charge in [-0.3, -0.25) is 4.79 Å². The minimum absolute atomic E-state index is 0.138. The Morgan fingerprint density at radius 2 is 1.43 bits per heavy atom. The van der Waals surface area contributed by atoms with Crippen LogP contribution in [-0.2, 0) is 0 Å². The van der Waals surface area contributed by atoms with E-state index in [1.807, 2.05) is 48.5 Å². The molecule has 4 aromatic rings. The number of nitrogens with zero attached hydrogens (tertiary/aromatic N) is 1. The third-order valence-corrected chi connectivity index (χ3v) is 4.14. The van der Waals surface area contributed by atoms with E-state index < -0.39 is 0 Å². The monoisotopic (exact) mass is 301 g/mol. The quantitative estimate of drug-likeness (QED) is 0.526. The summed E-state index contributed by atoms with van der Waals surface area (Å²) in [5.41, 5.74) is 2.80. The summed E-state index contributed by atoms with van der Waals surface area (Å²) in [6.07, 6.45) is 0. The van der Waals surface area contributed by atoms with Gasteiger partial charge in [0.15, 0.2) is 0 Å². The maximum Gasteiger partial charge on any atom is 0.291 e. The minimum Gasteiger partial charge on any atom is -0.413 e. The third kappa shape index (κ3) is 2.09. The molecule has 0 amide bonds. The lowest BCUT2D eigenvalue weighted by Gasteiger charge is -2.12. The number of pyridine rings is 1. The molecule has 0 aliphatic heterocycles. The molecule has 1 heterocycles. The lowest BCUT2D eigenvalue weighted by atomic mass is 10.0. The van der Waals surface area contributed by atoms with Crippen LogP contribution in [0.4, 0.5) is 0 Å². The number of hydrogen-bond acceptors (Lipinski definition) is 2. The fourth-order valence-corrected chi connectivity index (χ4v) is 3.04. The summed E-state index contributed by atoms with van der Waals surface area (Å²) < 4.78 is 1.37. The first-order valence-corrected chi connectivity index (χ1v) is 7.47. The van der Waals surface area contributed by atoms with Gasteiger partial charge in [0.2, 0.25) is 0 Å². The first kappa shape index (κ1) is 13.6. The molecule has 0 saturated carbocycles. The van der Waals surface area contributed by atoms with Crippen molar-refractivity contribution in [1.29, 1.82) is 0 Å². The highest BCUT2D eigenvalue weighted by Gasteiger charge is 2.11. The first-order chi connectivity index (χ1) is 11.3. The smallest absolute Gasteiger partial charge is 0.291 e. The highest BCUT2D eigenvalue weighted by Crippen LogP contribution is 2.27. The van der Waals surface area contributed by atoms with Crippen molar-refractivity contribution in [3.8, 4) is 11.1 Å². The van der Waals surface area contributed by atoms with Crippen LogP contribution >= 0.6 is 0 Å². The molecule has 3 heteroatoms. The fourth-order valence-electron chi connectivity index (χ4n) is 3.04. The van der Waals surface area contributed by atoms with Crippen molar-refractivity contribution >= 4 is 21.7 Å². The summed E-state index contributed by atoms with van der Waals surface area (Å²) in [6.45, 7) is 0. The topological polar surface area (TPSA) is 31.2 Å². The van der Waals surface area contributed by atoms with Crippen LogP contribution in [-0.4, -0.2) is 11.8 Å². The van der Waals surface area contributed by atoms with Gasteiger partial charge >= 0.3 is 0 Å². The zero-order valence-corrected chi connectivity index (χ0v) is 12.7. The second-order valence-corrected chi connectivity index (χ2v) is 5.43. The van der Waals surface area contributed by atoms with E-state index in [1.54, 1.807) is 0 Å². The van der Waals surface area contributed by atoms with Crippen molar-refractivity contribution in [2.45, 2.75) is 0 Å². The van der Waals surface area contributed by atoms with E-state index in [0.29, 0.717) is 5.39 Å². The number of rotatable bonds is 2. The lowest BCUT2D eigenvalue weighted by Crippen LogP contribution is -2.25. The molecule has 1 aromatic heterocycles. The van der Waals surface area contributed by atoms with E-state index in [-0.39, 0.29) is 5.56 Å². The Hall–Kier alpha value is -3.07. The number of fused-ring (bicyclic) bond motifs is 3. The SMILES string of the molecule is COn1c(=O)c2ccccc2c2ccc(-c3ccccc3)cc21. The molecule has 23 heavy (non-hydrogen) atoms. The Kier molecular flexibility index (Phi) is 3.12. The molecule has 0 aliphatic rings. The van der Waals surface area contributed by atoms with Gasteiger partial charge in [-0.15, -0.1) is 4.73 Å². The van der Waals surface area contributed by atoms with Crippen LogP contribution in [0.2, 0.25) is 0 Å². The largest absolute Gasteiger partial charge is 0.413 e. The van der Waals surface area contributed by atoms with Crippen LogP contribution < -0.4 is 10.4 Å². The van der Waals surface area contributed by atoms with Gasteiger partial charge in [-0.25, -0.2) is 0 Å². The van der Waals surface area contributed by atoms with Gasteiger partial charge in [-0.05, 0) is 28.6 Å². The van der Waals surface area contributed by atoms with Crippen LogP contribution in [0.5, 0.6) is 0 Å². The van der Waals surface area contributed by atoms with Crippen LogP contribution in [0.15, 0.2) is 77.6 Å². The van der Waals surface area contributed by atoms with E-state index in [9.17, 15) is 4.79 Å². The van der Waals surface area contributed by atoms with E-state index in [0.717, 1.165) is 27.4 Å². The highest BCUT2D eigenvalue weighted by molar-refractivity contribution is 6.06. The van der Waals surface area contributed by atoms with Crippen molar-refractivity contribution in [2.75, 3.05) is 7.11 Å². The third-order valence-electron chi connectivity index (χ3n) is 4.14. The molecule has 0 radical (unpaired) electrons. The van der Waals surface area contributed by atoms with Gasteiger partial charge in [0.1, 0.15) is 7.11 Å². The molecule has 0 saturated heterocycles. The van der Waals surface area contributed by atoms with Crippen molar-refractivity contribution in [1.82, 2.24) is 4.73 Å². The van der Waals surface area contributed by atoms with Crippen LogP contribution in [0, 0.1) is 0 Å². The van der Waals surface area contributed by atoms with E-state index >= 15 is 0 Å². The number of hydrogen-bond donors (Lipinski definition) is 0. The van der Waals surface area contributed by atoms with Crippen LogP contribution in [0.25, 0.3) is 32.8 Å². The molecule has 3 nitrogen and oxygen atoms in total. The summed E-state index contributed by atoms with van der Waals surface area (Å²) in [5, 5.41) is 2.61. The van der Waals surface area contributed by atoms with Crippen LogP contribution in [0.1, 0.15) is 0 Å². The molecule has 3 aromatic carbocycles. The van der Waals surface area contributed by atoms with E-state index in [2.05, 4.69) is 24.3 Å². The predicted molar refractivity (Wildman–Crippen MR) is 93.7 cm³/mol. The molecule has 0 unspecified atom stereocenters.